The molecule has 1 fully saturated rings. The van der Waals surface area contributed by atoms with Gasteiger partial charge in [0, 0.05) is 18.7 Å². The lowest BCUT2D eigenvalue weighted by atomic mass is 10.2. The predicted octanol–water partition coefficient (Wildman–Crippen LogP) is 1.53. The second-order valence-electron chi connectivity index (χ2n) is 4.97. The first-order chi connectivity index (χ1) is 10.6. The van der Waals surface area contributed by atoms with E-state index < -0.39 is 28.4 Å². The van der Waals surface area contributed by atoms with Crippen LogP contribution in [0.25, 0.3) is 0 Å². The van der Waals surface area contributed by atoms with Gasteiger partial charge >= 0.3 is 12.1 Å². The van der Waals surface area contributed by atoms with Crippen molar-refractivity contribution in [3.8, 4) is 0 Å². The third-order valence-corrected chi connectivity index (χ3v) is 5.35. The Bertz CT molecular complexity index is 685. The summed E-state index contributed by atoms with van der Waals surface area (Å²) in [6, 6.07) is 5.27. The number of alkyl halides is 3. The molecule has 0 aromatic heterocycles. The van der Waals surface area contributed by atoms with E-state index in [9.17, 15) is 26.4 Å². The van der Waals surface area contributed by atoms with Crippen molar-refractivity contribution in [2.24, 2.45) is 5.73 Å². The Morgan fingerprint density at radius 2 is 1.78 bits per heavy atom. The highest BCUT2D eigenvalue weighted by Crippen LogP contribution is 2.28. The molecule has 0 saturated carbocycles. The number of nitrogens with two attached hydrogens (primary N) is 1. The second-order valence-corrected chi connectivity index (χ2v) is 6.88. The Balaban J connectivity index is 2.32. The molecule has 1 aromatic rings. The van der Waals surface area contributed by atoms with E-state index >= 15 is 0 Å². The third-order valence-electron chi connectivity index (χ3n) is 3.37. The second kappa shape index (κ2) is 6.46. The van der Waals surface area contributed by atoms with E-state index in [0.29, 0.717) is 25.9 Å². The Kier molecular flexibility index (Phi) is 4.97. The summed E-state index contributed by atoms with van der Waals surface area (Å²) in [5, 5.41) is 0. The van der Waals surface area contributed by atoms with E-state index in [1.165, 1.54) is 28.6 Å². The quantitative estimate of drug-likeness (QED) is 0.656. The average molecular weight is 352 g/mol. The molecule has 1 atom stereocenters. The third kappa shape index (κ3) is 3.82. The van der Waals surface area contributed by atoms with Gasteiger partial charge in [-0.1, -0.05) is 18.2 Å². The SMILES string of the molecule is NC(OC(=O)C(F)(F)F)c1ccccc1S(=O)(=O)N1CCCC1. The van der Waals surface area contributed by atoms with Crippen LogP contribution < -0.4 is 5.73 Å². The van der Waals surface area contributed by atoms with Gasteiger partial charge in [0.25, 0.3) is 0 Å². The van der Waals surface area contributed by atoms with Gasteiger partial charge in [0.15, 0.2) is 6.23 Å². The van der Waals surface area contributed by atoms with Gasteiger partial charge in [-0.2, -0.15) is 17.5 Å². The van der Waals surface area contributed by atoms with Crippen molar-refractivity contribution in [3.63, 3.8) is 0 Å². The van der Waals surface area contributed by atoms with Gasteiger partial charge < -0.3 is 4.74 Å². The molecular weight excluding hydrogens is 337 g/mol. The van der Waals surface area contributed by atoms with Gasteiger partial charge in [0.2, 0.25) is 10.0 Å². The molecule has 1 aromatic carbocycles. The summed E-state index contributed by atoms with van der Waals surface area (Å²) in [5.74, 6) is -2.47. The van der Waals surface area contributed by atoms with Gasteiger partial charge in [-0.3, -0.25) is 5.73 Å². The highest BCUT2D eigenvalue weighted by molar-refractivity contribution is 7.89. The average Bonchev–Trinajstić information content (AvgIpc) is 3.01. The lowest BCUT2D eigenvalue weighted by Crippen LogP contribution is -2.32. The number of ether oxygens (including phenoxy) is 1. The zero-order valence-electron chi connectivity index (χ0n) is 11.9. The first-order valence-corrected chi connectivity index (χ1v) is 8.20. The topological polar surface area (TPSA) is 89.7 Å². The molecule has 2 N–H and O–H groups in total. The fraction of sp³-hybridized carbons (Fsp3) is 0.462. The number of nitrogens with zero attached hydrogens (tertiary/aromatic N) is 1. The van der Waals surface area contributed by atoms with Crippen LogP contribution in [0.15, 0.2) is 29.2 Å². The maximum Gasteiger partial charge on any atom is 0.490 e. The van der Waals surface area contributed by atoms with Crippen molar-refractivity contribution >= 4 is 16.0 Å². The van der Waals surface area contributed by atoms with Crippen LogP contribution in [-0.2, 0) is 19.6 Å². The van der Waals surface area contributed by atoms with Crippen molar-refractivity contribution in [3.05, 3.63) is 29.8 Å². The number of carbonyl (C=O) groups is 1. The number of rotatable bonds is 4. The number of carbonyl (C=O) groups excluding carboxylic acids is 1. The highest BCUT2D eigenvalue weighted by Gasteiger charge is 2.42. The van der Waals surface area contributed by atoms with E-state index in [-0.39, 0.29) is 10.5 Å². The lowest BCUT2D eigenvalue weighted by molar-refractivity contribution is -0.205. The van der Waals surface area contributed by atoms with Crippen LogP contribution in [0, 0.1) is 0 Å². The van der Waals surface area contributed by atoms with Crippen molar-refractivity contribution in [1.29, 1.82) is 0 Å². The van der Waals surface area contributed by atoms with E-state index in [0.717, 1.165) is 0 Å². The van der Waals surface area contributed by atoms with Crippen molar-refractivity contribution in [1.82, 2.24) is 4.31 Å². The first-order valence-electron chi connectivity index (χ1n) is 6.76. The molecule has 1 heterocycles. The maximum atomic E-state index is 12.6. The number of esters is 1. The van der Waals surface area contributed by atoms with Gasteiger partial charge in [0.1, 0.15) is 0 Å². The predicted molar refractivity (Wildman–Crippen MR) is 73.5 cm³/mol. The maximum absolute atomic E-state index is 12.6. The molecule has 0 spiro atoms. The molecular formula is C13H15F3N2O4S. The lowest BCUT2D eigenvalue weighted by Gasteiger charge is -2.21. The van der Waals surface area contributed by atoms with Gasteiger partial charge in [0.05, 0.1) is 4.90 Å². The summed E-state index contributed by atoms with van der Waals surface area (Å²) in [7, 11) is -3.90. The summed E-state index contributed by atoms with van der Waals surface area (Å²) in [4.78, 5) is 10.6. The molecule has 1 aliphatic rings. The summed E-state index contributed by atoms with van der Waals surface area (Å²) < 4.78 is 67.2. The molecule has 0 amide bonds. The Morgan fingerprint density at radius 1 is 1.22 bits per heavy atom. The molecule has 0 bridgehead atoms. The molecule has 10 heteroatoms. The number of benzene rings is 1. The molecule has 128 valence electrons. The molecule has 1 unspecified atom stereocenters. The van der Waals surface area contributed by atoms with E-state index in [2.05, 4.69) is 4.74 Å². The first kappa shape index (κ1) is 17.7. The zero-order valence-corrected chi connectivity index (χ0v) is 12.7. The molecule has 23 heavy (non-hydrogen) atoms. The summed E-state index contributed by atoms with van der Waals surface area (Å²) in [6.07, 6.45) is -5.63. The molecule has 0 aliphatic carbocycles. The van der Waals surface area contributed by atoms with E-state index in [1.54, 1.807) is 0 Å². The number of hydrogen-bond acceptors (Lipinski definition) is 5. The van der Waals surface area contributed by atoms with Crippen molar-refractivity contribution in [2.45, 2.75) is 30.1 Å². The summed E-state index contributed by atoms with van der Waals surface area (Å²) in [6.45, 7) is 0.655. The smallest absolute Gasteiger partial charge is 0.436 e. The fourth-order valence-electron chi connectivity index (χ4n) is 2.26. The molecule has 2 rings (SSSR count). The minimum atomic E-state index is -5.21. The van der Waals surface area contributed by atoms with E-state index in [1.807, 2.05) is 0 Å². The Morgan fingerprint density at radius 3 is 2.35 bits per heavy atom. The van der Waals surface area contributed by atoms with Crippen LogP contribution in [0.3, 0.4) is 0 Å². The Hall–Kier alpha value is -1.65. The van der Waals surface area contributed by atoms with Gasteiger partial charge in [-0.05, 0) is 18.9 Å². The van der Waals surface area contributed by atoms with Crippen LogP contribution in [0.1, 0.15) is 24.6 Å². The minimum Gasteiger partial charge on any atom is -0.436 e. The number of hydrogen-bond donors (Lipinski definition) is 1. The fourth-order valence-corrected chi connectivity index (χ4v) is 4.01. The molecule has 0 radical (unpaired) electrons. The molecule has 1 aliphatic heterocycles. The normalized spacial score (nSPS) is 17.9. The zero-order chi connectivity index (χ0) is 17.3. The largest absolute Gasteiger partial charge is 0.490 e. The van der Waals surface area contributed by atoms with Crippen molar-refractivity contribution < 1.29 is 31.1 Å². The van der Waals surface area contributed by atoms with Crippen LogP contribution in [0.2, 0.25) is 0 Å². The number of sulfonamides is 1. The molecule has 1 saturated heterocycles. The van der Waals surface area contributed by atoms with Crippen LogP contribution in [0.5, 0.6) is 0 Å². The monoisotopic (exact) mass is 352 g/mol. The van der Waals surface area contributed by atoms with Gasteiger partial charge in [-0.15, -0.1) is 0 Å². The van der Waals surface area contributed by atoms with Crippen molar-refractivity contribution in [2.75, 3.05) is 13.1 Å². The van der Waals surface area contributed by atoms with Crippen LogP contribution in [-0.4, -0.2) is 38.0 Å². The Labute approximate surface area is 131 Å². The standard InChI is InChI=1S/C13H15F3N2O4S/c14-13(15,16)12(19)22-11(17)9-5-1-2-6-10(9)23(20,21)18-7-3-4-8-18/h1-2,5-6,11H,3-4,7-8,17H2. The van der Waals surface area contributed by atoms with Crippen LogP contribution >= 0.6 is 0 Å². The minimum absolute atomic E-state index is 0.197. The number of halogens is 3. The highest BCUT2D eigenvalue weighted by atomic mass is 32.2. The summed E-state index contributed by atoms with van der Waals surface area (Å²) in [5.41, 5.74) is 5.27. The van der Waals surface area contributed by atoms with E-state index in [4.69, 9.17) is 5.73 Å². The van der Waals surface area contributed by atoms with Gasteiger partial charge in [-0.25, -0.2) is 13.2 Å². The molecule has 6 nitrogen and oxygen atoms in total. The van der Waals surface area contributed by atoms with Crippen LogP contribution in [0.4, 0.5) is 13.2 Å². The summed E-state index contributed by atoms with van der Waals surface area (Å²) >= 11 is 0.